The molecule has 1 aromatic rings. The van der Waals surface area contributed by atoms with Crippen molar-refractivity contribution in [2.45, 2.75) is 18.9 Å². The third-order valence-corrected chi connectivity index (χ3v) is 5.99. The number of carbonyl (C=O) groups is 1. The standard InChI is InChI=1S/C21H33FN4O/c1-23(2)20(18-6-4-5-7-19(18)22)21(27)26-14-12-25(13-15-26)16-17-8-10-24(3)11-9-17/h4-7,17,20H,8-16H2,1-3H3/t20-/m0/s1. The van der Waals surface area contributed by atoms with Gasteiger partial charge in [0.25, 0.3) is 0 Å². The molecule has 2 heterocycles. The van der Waals surface area contributed by atoms with Crippen molar-refractivity contribution < 1.29 is 9.18 Å². The Morgan fingerprint density at radius 1 is 1.11 bits per heavy atom. The summed E-state index contributed by atoms with van der Waals surface area (Å²) in [6, 6.07) is 6.04. The molecule has 6 heteroatoms. The number of amides is 1. The van der Waals surface area contributed by atoms with Crippen LogP contribution >= 0.6 is 0 Å². The molecule has 0 unspecified atom stereocenters. The van der Waals surface area contributed by atoms with Crippen LogP contribution in [0, 0.1) is 11.7 Å². The van der Waals surface area contributed by atoms with Crippen LogP contribution in [0.4, 0.5) is 4.39 Å². The lowest BCUT2D eigenvalue weighted by Gasteiger charge is -2.40. The molecule has 0 radical (unpaired) electrons. The molecule has 1 aromatic carbocycles. The van der Waals surface area contributed by atoms with E-state index in [0.29, 0.717) is 5.56 Å². The topological polar surface area (TPSA) is 30.0 Å². The highest BCUT2D eigenvalue weighted by atomic mass is 19.1. The van der Waals surface area contributed by atoms with Crippen molar-refractivity contribution in [1.29, 1.82) is 0 Å². The number of rotatable bonds is 5. The summed E-state index contributed by atoms with van der Waals surface area (Å²) in [5.74, 6) is 0.464. The molecule has 1 atom stereocenters. The molecule has 1 amide bonds. The monoisotopic (exact) mass is 376 g/mol. The first-order chi connectivity index (χ1) is 13.0. The average Bonchev–Trinajstić information content (AvgIpc) is 2.65. The second-order valence-corrected chi connectivity index (χ2v) is 8.26. The van der Waals surface area contributed by atoms with E-state index in [1.165, 1.54) is 32.0 Å². The highest BCUT2D eigenvalue weighted by Crippen LogP contribution is 2.25. The lowest BCUT2D eigenvalue weighted by atomic mass is 9.96. The van der Waals surface area contributed by atoms with Crippen LogP contribution in [0.1, 0.15) is 24.4 Å². The number of piperazine rings is 1. The summed E-state index contributed by atoms with van der Waals surface area (Å²) < 4.78 is 14.3. The summed E-state index contributed by atoms with van der Waals surface area (Å²) in [5.41, 5.74) is 0.459. The number of hydrogen-bond donors (Lipinski definition) is 0. The molecule has 150 valence electrons. The number of halogens is 1. The molecule has 2 saturated heterocycles. The third kappa shape index (κ3) is 5.06. The molecule has 3 rings (SSSR count). The molecule has 2 aliphatic heterocycles. The fraction of sp³-hybridized carbons (Fsp3) is 0.667. The molecule has 2 fully saturated rings. The SMILES string of the molecule is CN1CCC(CN2CCN(C(=O)[C@H](c3ccccc3F)N(C)C)CC2)CC1. The summed E-state index contributed by atoms with van der Waals surface area (Å²) in [4.78, 5) is 21.7. The minimum Gasteiger partial charge on any atom is -0.338 e. The van der Waals surface area contributed by atoms with E-state index >= 15 is 0 Å². The van der Waals surface area contributed by atoms with E-state index in [2.05, 4.69) is 16.8 Å². The van der Waals surface area contributed by atoms with E-state index in [1.54, 1.807) is 18.2 Å². The van der Waals surface area contributed by atoms with Gasteiger partial charge in [0.1, 0.15) is 11.9 Å². The number of hydrogen-bond acceptors (Lipinski definition) is 4. The molecular formula is C21H33FN4O. The molecule has 0 bridgehead atoms. The minimum atomic E-state index is -0.563. The Labute approximate surface area is 162 Å². The predicted molar refractivity (Wildman–Crippen MR) is 106 cm³/mol. The van der Waals surface area contributed by atoms with Crippen LogP contribution in [0.2, 0.25) is 0 Å². The van der Waals surface area contributed by atoms with Crippen molar-refractivity contribution in [1.82, 2.24) is 19.6 Å². The van der Waals surface area contributed by atoms with Crippen molar-refractivity contribution in [2.75, 3.05) is 67.0 Å². The van der Waals surface area contributed by atoms with E-state index in [0.717, 1.165) is 38.6 Å². The number of benzene rings is 1. The maximum Gasteiger partial charge on any atom is 0.244 e. The predicted octanol–water partition coefficient (Wildman–Crippen LogP) is 1.91. The second kappa shape index (κ2) is 9.13. The van der Waals surface area contributed by atoms with E-state index in [-0.39, 0.29) is 11.7 Å². The van der Waals surface area contributed by atoms with Crippen LogP contribution in [0.25, 0.3) is 0 Å². The van der Waals surface area contributed by atoms with Crippen LogP contribution in [0.3, 0.4) is 0 Å². The number of carbonyl (C=O) groups excluding carboxylic acids is 1. The summed E-state index contributed by atoms with van der Waals surface area (Å²) in [6.07, 6.45) is 2.54. The van der Waals surface area contributed by atoms with Gasteiger partial charge in [-0.2, -0.15) is 0 Å². The fourth-order valence-corrected chi connectivity index (χ4v) is 4.26. The molecule has 5 nitrogen and oxygen atoms in total. The van der Waals surface area contributed by atoms with Crippen LogP contribution in [0.5, 0.6) is 0 Å². The number of likely N-dealkylation sites (N-methyl/N-ethyl adjacent to an activating group) is 1. The van der Waals surface area contributed by atoms with Gasteiger partial charge in [-0.3, -0.25) is 14.6 Å². The quantitative estimate of drug-likeness (QED) is 0.785. The highest BCUT2D eigenvalue weighted by molar-refractivity contribution is 5.83. The van der Waals surface area contributed by atoms with Crippen LogP contribution in [0.15, 0.2) is 24.3 Å². The van der Waals surface area contributed by atoms with Gasteiger partial charge < -0.3 is 9.80 Å². The summed E-state index contributed by atoms with van der Waals surface area (Å²) in [7, 11) is 5.87. The molecular weight excluding hydrogens is 343 g/mol. The Bertz CT molecular complexity index is 622. The zero-order chi connectivity index (χ0) is 19.4. The molecule has 0 spiro atoms. The van der Waals surface area contributed by atoms with Crippen molar-refractivity contribution >= 4 is 5.91 Å². The fourth-order valence-electron chi connectivity index (χ4n) is 4.26. The number of piperidine rings is 1. The lowest BCUT2D eigenvalue weighted by molar-refractivity contribution is -0.138. The zero-order valence-corrected chi connectivity index (χ0v) is 16.9. The molecule has 0 saturated carbocycles. The highest BCUT2D eigenvalue weighted by Gasteiger charge is 2.32. The molecule has 2 aliphatic rings. The van der Waals surface area contributed by atoms with Crippen molar-refractivity contribution in [3.63, 3.8) is 0 Å². The first-order valence-corrected chi connectivity index (χ1v) is 10.1. The van der Waals surface area contributed by atoms with Crippen LogP contribution < -0.4 is 0 Å². The summed E-state index contributed by atoms with van der Waals surface area (Å²) in [6.45, 7) is 6.80. The Kier molecular flexibility index (Phi) is 6.84. The van der Waals surface area contributed by atoms with Gasteiger partial charge in [0, 0.05) is 38.3 Å². The number of nitrogens with zero attached hydrogens (tertiary/aromatic N) is 4. The van der Waals surface area contributed by atoms with Crippen molar-refractivity contribution in [3.05, 3.63) is 35.6 Å². The van der Waals surface area contributed by atoms with Gasteiger partial charge in [0.2, 0.25) is 5.91 Å². The van der Waals surface area contributed by atoms with Gasteiger partial charge in [0.15, 0.2) is 0 Å². The van der Waals surface area contributed by atoms with Crippen molar-refractivity contribution in [3.8, 4) is 0 Å². The largest absolute Gasteiger partial charge is 0.338 e. The van der Waals surface area contributed by atoms with Gasteiger partial charge in [-0.15, -0.1) is 0 Å². The smallest absolute Gasteiger partial charge is 0.244 e. The van der Waals surface area contributed by atoms with Gasteiger partial charge in [-0.05, 0) is 59.1 Å². The average molecular weight is 377 g/mol. The molecule has 0 aliphatic carbocycles. The second-order valence-electron chi connectivity index (χ2n) is 8.26. The lowest BCUT2D eigenvalue weighted by Crippen LogP contribution is -2.52. The van der Waals surface area contributed by atoms with Gasteiger partial charge in [-0.1, -0.05) is 18.2 Å². The maximum absolute atomic E-state index is 14.3. The summed E-state index contributed by atoms with van der Waals surface area (Å²) >= 11 is 0. The van der Waals surface area contributed by atoms with Gasteiger partial charge in [-0.25, -0.2) is 4.39 Å². The molecule has 0 N–H and O–H groups in total. The van der Waals surface area contributed by atoms with Crippen LogP contribution in [-0.2, 0) is 4.79 Å². The molecule has 27 heavy (non-hydrogen) atoms. The first kappa shape index (κ1) is 20.2. The Morgan fingerprint density at radius 3 is 2.33 bits per heavy atom. The zero-order valence-electron chi connectivity index (χ0n) is 16.9. The van der Waals surface area contributed by atoms with Gasteiger partial charge >= 0.3 is 0 Å². The Balaban J connectivity index is 1.56. The third-order valence-electron chi connectivity index (χ3n) is 5.99. The van der Waals surface area contributed by atoms with E-state index in [9.17, 15) is 9.18 Å². The van der Waals surface area contributed by atoms with Crippen molar-refractivity contribution in [2.24, 2.45) is 5.92 Å². The number of likely N-dealkylation sites (tertiary alicyclic amines) is 1. The summed E-state index contributed by atoms with van der Waals surface area (Å²) in [5, 5.41) is 0. The molecule has 0 aromatic heterocycles. The van der Waals surface area contributed by atoms with E-state index in [1.807, 2.05) is 23.9 Å². The Hall–Kier alpha value is -1.50. The maximum atomic E-state index is 14.3. The normalized spacial score (nSPS) is 21.6. The van der Waals surface area contributed by atoms with Gasteiger partial charge in [0.05, 0.1) is 0 Å². The van der Waals surface area contributed by atoms with E-state index < -0.39 is 6.04 Å². The van der Waals surface area contributed by atoms with Crippen LogP contribution in [-0.4, -0.2) is 92.5 Å². The first-order valence-electron chi connectivity index (χ1n) is 10.1. The van der Waals surface area contributed by atoms with E-state index in [4.69, 9.17) is 0 Å². The minimum absolute atomic E-state index is 0.00374. The Morgan fingerprint density at radius 2 is 1.74 bits per heavy atom.